The van der Waals surface area contributed by atoms with Crippen LogP contribution in [0.25, 0.3) is 0 Å². The first kappa shape index (κ1) is 13.5. The third-order valence-corrected chi connectivity index (χ3v) is 2.81. The Balaban J connectivity index is 2.14. The zero-order valence-corrected chi connectivity index (χ0v) is 9.95. The van der Waals surface area contributed by atoms with E-state index in [9.17, 15) is 14.4 Å². The highest BCUT2D eigenvalue weighted by molar-refractivity contribution is 5.87. The molecule has 0 aromatic rings. The summed E-state index contributed by atoms with van der Waals surface area (Å²) in [5.41, 5.74) is 0. The zero-order chi connectivity index (χ0) is 12.7. The van der Waals surface area contributed by atoms with E-state index in [1.807, 2.05) is 0 Å². The molecule has 0 atom stereocenters. The van der Waals surface area contributed by atoms with Crippen molar-refractivity contribution in [2.45, 2.75) is 25.7 Å². The summed E-state index contributed by atoms with van der Waals surface area (Å²) < 4.78 is 4.37. The molecule has 6 nitrogen and oxygen atoms in total. The summed E-state index contributed by atoms with van der Waals surface area (Å²) in [4.78, 5) is 33.5. The monoisotopic (exact) mass is 242 g/mol. The first-order chi connectivity index (χ1) is 8.13. The number of esters is 1. The fraction of sp³-hybridized carbons (Fsp3) is 0.727. The van der Waals surface area contributed by atoms with E-state index in [0.29, 0.717) is 0 Å². The second-order valence-electron chi connectivity index (χ2n) is 4.05. The van der Waals surface area contributed by atoms with Gasteiger partial charge in [-0.3, -0.25) is 14.4 Å². The van der Waals surface area contributed by atoms with Gasteiger partial charge in [0.25, 0.3) is 0 Å². The Bertz CT molecular complexity index is 298. The van der Waals surface area contributed by atoms with Gasteiger partial charge in [-0.05, 0) is 12.8 Å². The maximum Gasteiger partial charge on any atom is 0.325 e. The predicted octanol–water partition coefficient (Wildman–Crippen LogP) is -0.418. The van der Waals surface area contributed by atoms with Gasteiger partial charge in [0.15, 0.2) is 0 Å². The Hall–Kier alpha value is -1.59. The highest BCUT2D eigenvalue weighted by Crippen LogP contribution is 2.24. The minimum atomic E-state index is -0.513. The van der Waals surface area contributed by atoms with Crippen LogP contribution in [0.5, 0.6) is 0 Å². The van der Waals surface area contributed by atoms with Crippen LogP contribution in [0.3, 0.4) is 0 Å². The number of hydrogen-bond donors (Lipinski definition) is 2. The third kappa shape index (κ3) is 4.84. The number of hydrogen-bond acceptors (Lipinski definition) is 4. The molecule has 0 unspecified atom stereocenters. The Labute approximate surface area is 100 Å². The van der Waals surface area contributed by atoms with E-state index in [2.05, 4.69) is 15.4 Å². The summed E-state index contributed by atoms with van der Waals surface area (Å²) >= 11 is 0. The van der Waals surface area contributed by atoms with E-state index in [0.717, 1.165) is 25.7 Å². The maximum atomic E-state index is 11.6. The van der Waals surface area contributed by atoms with Crippen molar-refractivity contribution in [2.24, 2.45) is 5.92 Å². The molecule has 0 spiro atoms. The highest BCUT2D eigenvalue weighted by Gasteiger charge is 2.22. The summed E-state index contributed by atoms with van der Waals surface area (Å²) in [6, 6.07) is 0. The summed E-state index contributed by atoms with van der Waals surface area (Å²) in [6.07, 6.45) is 3.95. The summed E-state index contributed by atoms with van der Waals surface area (Å²) in [5.74, 6) is -0.929. The summed E-state index contributed by atoms with van der Waals surface area (Å²) in [6.45, 7) is -0.263. The smallest absolute Gasteiger partial charge is 0.325 e. The fourth-order valence-electron chi connectivity index (χ4n) is 1.81. The molecule has 0 radical (unpaired) electrons. The van der Waals surface area contributed by atoms with Crippen molar-refractivity contribution in [2.75, 3.05) is 20.2 Å². The third-order valence-electron chi connectivity index (χ3n) is 2.81. The van der Waals surface area contributed by atoms with Crippen LogP contribution in [0, 0.1) is 5.92 Å². The molecule has 0 aromatic heterocycles. The lowest BCUT2D eigenvalue weighted by Crippen LogP contribution is -2.40. The molecule has 0 bridgehead atoms. The molecule has 17 heavy (non-hydrogen) atoms. The molecular formula is C11H18N2O4. The van der Waals surface area contributed by atoms with Crippen molar-refractivity contribution < 1.29 is 19.1 Å². The lowest BCUT2D eigenvalue weighted by molar-refractivity contribution is -0.141. The molecule has 0 aromatic carbocycles. The van der Waals surface area contributed by atoms with Crippen molar-refractivity contribution in [3.8, 4) is 0 Å². The van der Waals surface area contributed by atoms with Gasteiger partial charge < -0.3 is 15.4 Å². The number of rotatable bonds is 5. The molecule has 96 valence electrons. The van der Waals surface area contributed by atoms with Crippen molar-refractivity contribution >= 4 is 17.8 Å². The van der Waals surface area contributed by atoms with Gasteiger partial charge in [-0.15, -0.1) is 0 Å². The molecule has 2 amide bonds. The SMILES string of the molecule is COC(=O)CNC(=O)CNC(=O)C1CCCC1. The van der Waals surface area contributed by atoms with Crippen LogP contribution in [0.1, 0.15) is 25.7 Å². The average Bonchev–Trinajstić information content (AvgIpc) is 2.86. The Kier molecular flexibility index (Phi) is 5.45. The first-order valence-electron chi connectivity index (χ1n) is 5.74. The lowest BCUT2D eigenvalue weighted by Gasteiger charge is -2.10. The number of amides is 2. The molecule has 1 rings (SSSR count). The number of carbonyl (C=O) groups excluding carboxylic acids is 3. The minimum absolute atomic E-state index is 0.0448. The molecule has 1 saturated carbocycles. The predicted molar refractivity (Wildman–Crippen MR) is 60.0 cm³/mol. The van der Waals surface area contributed by atoms with Gasteiger partial charge in [0.2, 0.25) is 11.8 Å². The van der Waals surface area contributed by atoms with Crippen molar-refractivity contribution in [3.63, 3.8) is 0 Å². The molecule has 1 fully saturated rings. The Morgan fingerprint density at radius 2 is 1.76 bits per heavy atom. The molecule has 2 N–H and O–H groups in total. The van der Waals surface area contributed by atoms with Gasteiger partial charge >= 0.3 is 5.97 Å². The van der Waals surface area contributed by atoms with Gasteiger partial charge in [-0.2, -0.15) is 0 Å². The minimum Gasteiger partial charge on any atom is -0.468 e. The van der Waals surface area contributed by atoms with Crippen LogP contribution in [0.4, 0.5) is 0 Å². The Morgan fingerprint density at radius 1 is 1.12 bits per heavy atom. The van der Waals surface area contributed by atoms with Crippen molar-refractivity contribution in [3.05, 3.63) is 0 Å². The molecule has 0 aliphatic heterocycles. The van der Waals surface area contributed by atoms with E-state index in [1.54, 1.807) is 0 Å². The highest BCUT2D eigenvalue weighted by atomic mass is 16.5. The van der Waals surface area contributed by atoms with Crippen LogP contribution < -0.4 is 10.6 Å². The van der Waals surface area contributed by atoms with E-state index >= 15 is 0 Å². The first-order valence-corrected chi connectivity index (χ1v) is 5.74. The van der Waals surface area contributed by atoms with Crippen LogP contribution >= 0.6 is 0 Å². The number of methoxy groups -OCH3 is 1. The standard InChI is InChI=1S/C11H18N2O4/c1-17-10(15)7-12-9(14)6-13-11(16)8-4-2-3-5-8/h8H,2-7H2,1H3,(H,12,14)(H,13,16). The second-order valence-corrected chi connectivity index (χ2v) is 4.05. The van der Waals surface area contributed by atoms with Crippen LogP contribution in [0.15, 0.2) is 0 Å². The van der Waals surface area contributed by atoms with Gasteiger partial charge in [0, 0.05) is 5.92 Å². The fourth-order valence-corrected chi connectivity index (χ4v) is 1.81. The van der Waals surface area contributed by atoms with Crippen molar-refractivity contribution in [1.29, 1.82) is 0 Å². The summed E-state index contributed by atoms with van der Waals surface area (Å²) in [5, 5.41) is 4.91. The van der Waals surface area contributed by atoms with Crippen LogP contribution in [0.2, 0.25) is 0 Å². The topological polar surface area (TPSA) is 84.5 Å². The number of ether oxygens (including phenoxy) is 1. The second kappa shape index (κ2) is 6.88. The normalized spacial score (nSPS) is 15.4. The Morgan fingerprint density at radius 3 is 2.35 bits per heavy atom. The van der Waals surface area contributed by atoms with E-state index in [4.69, 9.17) is 0 Å². The maximum absolute atomic E-state index is 11.6. The number of carbonyl (C=O) groups is 3. The molecular weight excluding hydrogens is 224 g/mol. The van der Waals surface area contributed by atoms with Crippen LogP contribution in [-0.2, 0) is 19.1 Å². The van der Waals surface area contributed by atoms with Gasteiger partial charge in [-0.25, -0.2) is 0 Å². The molecule has 6 heteroatoms. The molecule has 0 heterocycles. The molecule has 0 saturated heterocycles. The number of nitrogens with one attached hydrogen (secondary N) is 2. The van der Waals surface area contributed by atoms with Gasteiger partial charge in [0.1, 0.15) is 6.54 Å². The quantitative estimate of drug-likeness (QED) is 0.641. The van der Waals surface area contributed by atoms with E-state index in [1.165, 1.54) is 7.11 Å². The summed E-state index contributed by atoms with van der Waals surface area (Å²) in [7, 11) is 1.25. The molecule has 1 aliphatic carbocycles. The largest absolute Gasteiger partial charge is 0.468 e. The van der Waals surface area contributed by atoms with E-state index in [-0.39, 0.29) is 30.8 Å². The van der Waals surface area contributed by atoms with Crippen LogP contribution in [-0.4, -0.2) is 38.0 Å². The van der Waals surface area contributed by atoms with Gasteiger partial charge in [-0.1, -0.05) is 12.8 Å². The van der Waals surface area contributed by atoms with Gasteiger partial charge in [0.05, 0.1) is 13.7 Å². The molecule has 1 aliphatic rings. The average molecular weight is 242 g/mol. The lowest BCUT2D eigenvalue weighted by atomic mass is 10.1. The van der Waals surface area contributed by atoms with E-state index < -0.39 is 5.97 Å². The van der Waals surface area contributed by atoms with Crippen molar-refractivity contribution in [1.82, 2.24) is 10.6 Å². The zero-order valence-electron chi connectivity index (χ0n) is 9.95.